The maximum absolute atomic E-state index is 15.2. The molecule has 2 aliphatic rings. The van der Waals surface area contributed by atoms with Gasteiger partial charge in [0.2, 0.25) is 0 Å². The van der Waals surface area contributed by atoms with Crippen LogP contribution >= 0.6 is 0 Å². The molecule has 0 atom stereocenters. The highest BCUT2D eigenvalue weighted by Gasteiger charge is 2.31. The minimum absolute atomic E-state index is 0.0120. The predicted molar refractivity (Wildman–Crippen MR) is 111 cm³/mol. The first-order valence-corrected chi connectivity index (χ1v) is 11.0. The van der Waals surface area contributed by atoms with Crippen LogP contribution in [0.5, 0.6) is 5.75 Å². The van der Waals surface area contributed by atoms with Crippen molar-refractivity contribution >= 4 is 10.8 Å². The third-order valence-electron chi connectivity index (χ3n) is 7.54. The van der Waals surface area contributed by atoms with Crippen molar-refractivity contribution in [3.63, 3.8) is 0 Å². The molecule has 0 unspecified atom stereocenters. The Morgan fingerprint density at radius 1 is 0.889 bits per heavy atom. The van der Waals surface area contributed by atoms with Crippen molar-refractivity contribution in [2.45, 2.75) is 70.6 Å². The molecule has 2 saturated carbocycles. The lowest BCUT2D eigenvalue weighted by molar-refractivity contribution is 0.158. The van der Waals surface area contributed by atoms with E-state index < -0.39 is 0 Å². The van der Waals surface area contributed by atoms with Crippen molar-refractivity contribution in [2.75, 3.05) is 7.11 Å². The van der Waals surface area contributed by atoms with Crippen LogP contribution < -0.4 is 4.74 Å². The molecule has 0 saturated heterocycles. The Labute approximate surface area is 163 Å². The van der Waals surface area contributed by atoms with E-state index in [0.717, 1.165) is 52.7 Å². The minimum Gasteiger partial charge on any atom is -0.497 e. The summed E-state index contributed by atoms with van der Waals surface area (Å²) in [5.41, 5.74) is 0.931. The van der Waals surface area contributed by atoms with Gasteiger partial charge in [-0.15, -0.1) is 0 Å². The molecule has 0 radical (unpaired) electrons. The summed E-state index contributed by atoms with van der Waals surface area (Å²) in [5.74, 6) is 3.95. The summed E-state index contributed by atoms with van der Waals surface area (Å²) < 4.78 is 20.5. The summed E-state index contributed by atoms with van der Waals surface area (Å²) in [7, 11) is 1.65. The largest absolute Gasteiger partial charge is 0.497 e. The Kier molecular flexibility index (Phi) is 5.71. The van der Waals surface area contributed by atoms with Gasteiger partial charge in [-0.1, -0.05) is 38.3 Å². The van der Waals surface area contributed by atoms with Crippen molar-refractivity contribution in [3.05, 3.63) is 41.7 Å². The molecule has 4 rings (SSSR count). The Morgan fingerprint density at radius 3 is 2.19 bits per heavy atom. The number of halogens is 1. The Balaban J connectivity index is 1.43. The van der Waals surface area contributed by atoms with Gasteiger partial charge in [0.1, 0.15) is 11.6 Å². The van der Waals surface area contributed by atoms with Gasteiger partial charge >= 0.3 is 0 Å². The molecule has 0 N–H and O–H groups in total. The number of ether oxygens (including phenoxy) is 1. The zero-order valence-electron chi connectivity index (χ0n) is 16.8. The van der Waals surface area contributed by atoms with Crippen LogP contribution in [0.25, 0.3) is 10.8 Å². The van der Waals surface area contributed by atoms with Crippen molar-refractivity contribution in [1.29, 1.82) is 0 Å². The van der Waals surface area contributed by atoms with Gasteiger partial charge in [0.05, 0.1) is 7.11 Å². The Morgan fingerprint density at radius 2 is 1.56 bits per heavy atom. The molecular formula is C25H33FO. The SMILES string of the molecule is CCC1CCC(C2CCC(c3ccc4cc(OC)ccc4c3F)CC2)CC1. The first-order valence-electron chi connectivity index (χ1n) is 11.0. The fourth-order valence-electron chi connectivity index (χ4n) is 5.70. The van der Waals surface area contributed by atoms with Gasteiger partial charge < -0.3 is 4.74 Å². The predicted octanol–water partition coefficient (Wildman–Crippen LogP) is 7.48. The summed E-state index contributed by atoms with van der Waals surface area (Å²) in [6, 6.07) is 9.73. The molecule has 27 heavy (non-hydrogen) atoms. The number of hydrogen-bond donors (Lipinski definition) is 0. The molecule has 0 aliphatic heterocycles. The van der Waals surface area contributed by atoms with E-state index in [1.54, 1.807) is 7.11 Å². The maximum Gasteiger partial charge on any atom is 0.134 e. The lowest BCUT2D eigenvalue weighted by atomic mass is 9.68. The zero-order valence-corrected chi connectivity index (χ0v) is 16.8. The third-order valence-corrected chi connectivity index (χ3v) is 7.54. The smallest absolute Gasteiger partial charge is 0.134 e. The molecule has 0 aromatic heterocycles. The van der Waals surface area contributed by atoms with Crippen LogP contribution in [-0.4, -0.2) is 7.11 Å². The standard InChI is InChI=1S/C25H33FO/c1-3-17-4-6-18(7-5-17)19-8-10-20(11-9-19)23-14-12-21-16-22(27-2)13-15-24(21)25(23)26/h12-20H,3-11H2,1-2H3. The van der Waals surface area contributed by atoms with E-state index in [9.17, 15) is 0 Å². The second-order valence-corrected chi connectivity index (χ2v) is 8.86. The summed E-state index contributed by atoms with van der Waals surface area (Å²) in [6.45, 7) is 2.34. The van der Waals surface area contributed by atoms with Gasteiger partial charge in [-0.3, -0.25) is 0 Å². The quantitative estimate of drug-likeness (QED) is 0.543. The van der Waals surface area contributed by atoms with Gasteiger partial charge in [0.25, 0.3) is 0 Å². The van der Waals surface area contributed by atoms with E-state index in [1.807, 2.05) is 24.3 Å². The second-order valence-electron chi connectivity index (χ2n) is 8.86. The third kappa shape index (κ3) is 3.86. The molecule has 2 aromatic rings. The lowest BCUT2D eigenvalue weighted by Crippen LogP contribution is -2.25. The molecule has 0 amide bonds. The molecule has 2 aliphatic carbocycles. The molecule has 0 spiro atoms. The summed E-state index contributed by atoms with van der Waals surface area (Å²) in [6.07, 6.45) is 12.0. The molecule has 1 nitrogen and oxygen atoms in total. The van der Waals surface area contributed by atoms with Gasteiger partial charge in [-0.2, -0.15) is 0 Å². The highest BCUT2D eigenvalue weighted by molar-refractivity contribution is 5.85. The van der Waals surface area contributed by atoms with Crippen molar-refractivity contribution in [2.24, 2.45) is 17.8 Å². The highest BCUT2D eigenvalue weighted by Crippen LogP contribution is 2.45. The van der Waals surface area contributed by atoms with Crippen LogP contribution in [0.1, 0.15) is 76.2 Å². The Bertz CT molecular complexity index is 767. The molecule has 146 valence electrons. The average Bonchev–Trinajstić information content (AvgIpc) is 2.74. The zero-order chi connectivity index (χ0) is 18.8. The van der Waals surface area contributed by atoms with Gasteiger partial charge in [0.15, 0.2) is 0 Å². The second kappa shape index (κ2) is 8.20. The van der Waals surface area contributed by atoms with Gasteiger partial charge in [-0.25, -0.2) is 4.39 Å². The van der Waals surface area contributed by atoms with E-state index in [2.05, 4.69) is 13.0 Å². The van der Waals surface area contributed by atoms with Crippen LogP contribution in [0.3, 0.4) is 0 Å². The van der Waals surface area contributed by atoms with E-state index in [1.165, 1.54) is 44.9 Å². The number of methoxy groups -OCH3 is 1. The molecule has 0 bridgehead atoms. The van der Waals surface area contributed by atoms with Crippen LogP contribution in [0, 0.1) is 23.6 Å². The van der Waals surface area contributed by atoms with Crippen LogP contribution in [0.4, 0.5) is 4.39 Å². The molecule has 2 heteroatoms. The summed E-state index contributed by atoms with van der Waals surface area (Å²) in [5, 5.41) is 1.66. The van der Waals surface area contributed by atoms with Crippen LogP contribution in [-0.2, 0) is 0 Å². The highest BCUT2D eigenvalue weighted by atomic mass is 19.1. The minimum atomic E-state index is -0.0120. The van der Waals surface area contributed by atoms with Crippen molar-refractivity contribution in [1.82, 2.24) is 0 Å². The summed E-state index contributed by atoms with van der Waals surface area (Å²) >= 11 is 0. The van der Waals surface area contributed by atoms with Crippen molar-refractivity contribution in [3.8, 4) is 5.75 Å². The van der Waals surface area contributed by atoms with Crippen molar-refractivity contribution < 1.29 is 9.13 Å². The fraction of sp³-hybridized carbons (Fsp3) is 0.600. The number of rotatable bonds is 4. The fourth-order valence-corrected chi connectivity index (χ4v) is 5.70. The molecule has 0 heterocycles. The molecule has 2 aromatic carbocycles. The van der Waals surface area contributed by atoms with Gasteiger partial charge in [0, 0.05) is 5.39 Å². The molecular weight excluding hydrogens is 335 g/mol. The van der Waals surface area contributed by atoms with Crippen LogP contribution in [0.2, 0.25) is 0 Å². The average molecular weight is 369 g/mol. The topological polar surface area (TPSA) is 9.23 Å². The maximum atomic E-state index is 15.2. The number of benzene rings is 2. The lowest BCUT2D eigenvalue weighted by Gasteiger charge is -2.38. The first-order chi connectivity index (χ1) is 13.2. The van der Waals surface area contributed by atoms with E-state index >= 15 is 4.39 Å². The van der Waals surface area contributed by atoms with E-state index in [4.69, 9.17) is 4.74 Å². The van der Waals surface area contributed by atoms with E-state index in [0.29, 0.717) is 5.92 Å². The number of fused-ring (bicyclic) bond motifs is 1. The van der Waals surface area contributed by atoms with Crippen LogP contribution in [0.15, 0.2) is 30.3 Å². The number of hydrogen-bond acceptors (Lipinski definition) is 1. The monoisotopic (exact) mass is 368 g/mol. The molecule has 2 fully saturated rings. The normalized spacial score (nSPS) is 29.0. The summed E-state index contributed by atoms with van der Waals surface area (Å²) in [4.78, 5) is 0. The van der Waals surface area contributed by atoms with Gasteiger partial charge in [-0.05, 0) is 91.3 Å². The Hall–Kier alpha value is -1.57. The first kappa shape index (κ1) is 18.8. The van der Waals surface area contributed by atoms with E-state index in [-0.39, 0.29) is 5.82 Å².